The SMILES string of the molecule is Cc1cccc(C)c1-c1ccccc1.P. The molecule has 1 heteroatoms. The minimum Gasteiger partial charge on any atom is -0.153 e. The third-order valence-corrected chi connectivity index (χ3v) is 2.54. The number of hydrogen-bond acceptors (Lipinski definition) is 0. The first-order chi connectivity index (χ1) is 6.79. The van der Waals surface area contributed by atoms with E-state index in [0.29, 0.717) is 0 Å². The fourth-order valence-corrected chi connectivity index (χ4v) is 1.87. The molecule has 1 atom stereocenters. The van der Waals surface area contributed by atoms with Gasteiger partial charge in [0.25, 0.3) is 0 Å². The molecule has 0 nitrogen and oxygen atoms in total. The summed E-state index contributed by atoms with van der Waals surface area (Å²) in [7, 11) is 0. The summed E-state index contributed by atoms with van der Waals surface area (Å²) in [5.41, 5.74) is 5.36. The van der Waals surface area contributed by atoms with Crippen LogP contribution in [0.3, 0.4) is 0 Å². The summed E-state index contributed by atoms with van der Waals surface area (Å²) in [6.45, 7) is 4.32. The summed E-state index contributed by atoms with van der Waals surface area (Å²) in [5.74, 6) is 0. The van der Waals surface area contributed by atoms with Gasteiger partial charge in [-0.15, -0.1) is 0 Å². The standard InChI is InChI=1S/C14H14.H3P/c1-11-7-6-8-12(2)14(11)13-9-4-3-5-10-13;/h3-10H,1-2H3;1H3. The van der Waals surface area contributed by atoms with E-state index in [1.165, 1.54) is 22.3 Å². The number of aryl methyl sites for hydroxylation is 2. The fraction of sp³-hybridized carbons (Fsp3) is 0.143. The molecule has 0 saturated heterocycles. The van der Waals surface area contributed by atoms with Crippen molar-refractivity contribution in [3.05, 3.63) is 59.7 Å². The predicted octanol–water partition coefficient (Wildman–Crippen LogP) is 4.03. The highest BCUT2D eigenvalue weighted by molar-refractivity contribution is 6.92. The molecule has 0 saturated carbocycles. The number of hydrogen-bond donors (Lipinski definition) is 0. The first-order valence-corrected chi connectivity index (χ1v) is 4.90. The maximum atomic E-state index is 2.16. The highest BCUT2D eigenvalue weighted by atomic mass is 31.0. The van der Waals surface area contributed by atoms with Crippen molar-refractivity contribution in [3.8, 4) is 11.1 Å². The van der Waals surface area contributed by atoms with Gasteiger partial charge in [-0.3, -0.25) is 0 Å². The van der Waals surface area contributed by atoms with E-state index >= 15 is 0 Å². The van der Waals surface area contributed by atoms with E-state index in [2.05, 4.69) is 62.4 Å². The van der Waals surface area contributed by atoms with Crippen LogP contribution < -0.4 is 0 Å². The second-order valence-electron chi connectivity index (χ2n) is 3.63. The minimum absolute atomic E-state index is 0. The van der Waals surface area contributed by atoms with Crippen molar-refractivity contribution >= 4 is 9.90 Å². The Morgan fingerprint density at radius 3 is 1.73 bits per heavy atom. The summed E-state index contributed by atoms with van der Waals surface area (Å²) in [6, 6.07) is 17.0. The van der Waals surface area contributed by atoms with Crippen molar-refractivity contribution in [2.75, 3.05) is 0 Å². The summed E-state index contributed by atoms with van der Waals surface area (Å²) in [4.78, 5) is 0. The Hall–Kier alpha value is -1.13. The summed E-state index contributed by atoms with van der Waals surface area (Å²) in [5, 5.41) is 0. The van der Waals surface area contributed by atoms with E-state index in [-0.39, 0.29) is 9.90 Å². The van der Waals surface area contributed by atoms with Crippen LogP contribution in [0.2, 0.25) is 0 Å². The van der Waals surface area contributed by atoms with E-state index < -0.39 is 0 Å². The normalized spacial score (nSPS) is 9.47. The largest absolute Gasteiger partial charge is 0.153 e. The maximum Gasteiger partial charge on any atom is -0.0125 e. The topological polar surface area (TPSA) is 0 Å². The Balaban J connectivity index is 0.00000112. The molecule has 15 heavy (non-hydrogen) atoms. The molecule has 0 amide bonds. The van der Waals surface area contributed by atoms with Crippen LogP contribution in [-0.2, 0) is 0 Å². The van der Waals surface area contributed by atoms with Crippen LogP contribution in [0.15, 0.2) is 48.5 Å². The van der Waals surface area contributed by atoms with Gasteiger partial charge in [0.15, 0.2) is 0 Å². The molecule has 0 bridgehead atoms. The smallest absolute Gasteiger partial charge is 0.0125 e. The zero-order valence-corrected chi connectivity index (χ0v) is 10.7. The molecule has 1 unspecified atom stereocenters. The summed E-state index contributed by atoms with van der Waals surface area (Å²) >= 11 is 0. The van der Waals surface area contributed by atoms with Gasteiger partial charge in [0.1, 0.15) is 0 Å². The third-order valence-electron chi connectivity index (χ3n) is 2.54. The lowest BCUT2D eigenvalue weighted by Gasteiger charge is -2.09. The molecular formula is C14H17P. The van der Waals surface area contributed by atoms with Gasteiger partial charge in [0.05, 0.1) is 0 Å². The second kappa shape index (κ2) is 5.09. The molecule has 0 aliphatic heterocycles. The molecule has 0 fully saturated rings. The van der Waals surface area contributed by atoms with Crippen LogP contribution in [0, 0.1) is 13.8 Å². The zero-order valence-electron chi connectivity index (χ0n) is 9.33. The van der Waals surface area contributed by atoms with Crippen molar-refractivity contribution in [1.29, 1.82) is 0 Å². The van der Waals surface area contributed by atoms with E-state index in [0.717, 1.165) is 0 Å². The fourth-order valence-electron chi connectivity index (χ4n) is 1.87. The molecule has 0 aliphatic carbocycles. The Labute approximate surface area is 95.0 Å². The van der Waals surface area contributed by atoms with Crippen molar-refractivity contribution in [3.63, 3.8) is 0 Å². The van der Waals surface area contributed by atoms with Gasteiger partial charge in [-0.05, 0) is 36.1 Å². The van der Waals surface area contributed by atoms with Crippen LogP contribution in [0.5, 0.6) is 0 Å². The molecule has 0 heterocycles. The van der Waals surface area contributed by atoms with Crippen molar-refractivity contribution < 1.29 is 0 Å². The van der Waals surface area contributed by atoms with Crippen LogP contribution in [0.1, 0.15) is 11.1 Å². The monoisotopic (exact) mass is 216 g/mol. The van der Waals surface area contributed by atoms with E-state index in [4.69, 9.17) is 0 Å². The predicted molar refractivity (Wildman–Crippen MR) is 72.5 cm³/mol. The van der Waals surface area contributed by atoms with Gasteiger partial charge in [-0.25, -0.2) is 0 Å². The number of benzene rings is 2. The highest BCUT2D eigenvalue weighted by Gasteiger charge is 2.03. The van der Waals surface area contributed by atoms with Gasteiger partial charge in [-0.1, -0.05) is 48.5 Å². The van der Waals surface area contributed by atoms with Crippen molar-refractivity contribution in [2.24, 2.45) is 0 Å². The third kappa shape index (κ3) is 2.46. The number of rotatable bonds is 1. The maximum absolute atomic E-state index is 2.16. The summed E-state index contributed by atoms with van der Waals surface area (Å²) < 4.78 is 0. The molecule has 2 rings (SSSR count). The molecule has 0 aromatic heterocycles. The van der Waals surface area contributed by atoms with Gasteiger partial charge in [0.2, 0.25) is 0 Å². The Kier molecular flexibility index (Phi) is 4.05. The first kappa shape index (κ1) is 11.9. The van der Waals surface area contributed by atoms with Crippen LogP contribution in [-0.4, -0.2) is 0 Å². The van der Waals surface area contributed by atoms with Crippen molar-refractivity contribution in [1.82, 2.24) is 0 Å². The average molecular weight is 216 g/mol. The lowest BCUT2D eigenvalue weighted by Crippen LogP contribution is -1.86. The van der Waals surface area contributed by atoms with Crippen LogP contribution in [0.4, 0.5) is 0 Å². The first-order valence-electron chi connectivity index (χ1n) is 4.90. The molecule has 0 spiro atoms. The molecule has 78 valence electrons. The van der Waals surface area contributed by atoms with Crippen molar-refractivity contribution in [2.45, 2.75) is 13.8 Å². The Bertz CT molecular complexity index is 412. The van der Waals surface area contributed by atoms with E-state index in [1.807, 2.05) is 0 Å². The lowest BCUT2D eigenvalue weighted by molar-refractivity contribution is 1.38. The van der Waals surface area contributed by atoms with Gasteiger partial charge >= 0.3 is 0 Å². The zero-order chi connectivity index (χ0) is 9.97. The van der Waals surface area contributed by atoms with Gasteiger partial charge in [-0.2, -0.15) is 9.90 Å². The molecule has 2 aromatic rings. The lowest BCUT2D eigenvalue weighted by atomic mass is 9.96. The van der Waals surface area contributed by atoms with Gasteiger partial charge in [0, 0.05) is 0 Å². The minimum atomic E-state index is 0. The Morgan fingerprint density at radius 1 is 0.667 bits per heavy atom. The molecule has 0 N–H and O–H groups in total. The average Bonchev–Trinajstić information content (AvgIpc) is 2.19. The van der Waals surface area contributed by atoms with E-state index in [9.17, 15) is 0 Å². The molecular weight excluding hydrogens is 199 g/mol. The second-order valence-corrected chi connectivity index (χ2v) is 3.63. The van der Waals surface area contributed by atoms with E-state index in [1.54, 1.807) is 0 Å². The van der Waals surface area contributed by atoms with Gasteiger partial charge < -0.3 is 0 Å². The van der Waals surface area contributed by atoms with Crippen LogP contribution in [0.25, 0.3) is 11.1 Å². The molecule has 0 aliphatic rings. The quantitative estimate of drug-likeness (QED) is 0.631. The summed E-state index contributed by atoms with van der Waals surface area (Å²) in [6.07, 6.45) is 0. The highest BCUT2D eigenvalue weighted by Crippen LogP contribution is 2.26. The van der Waals surface area contributed by atoms with Crippen LogP contribution >= 0.6 is 9.90 Å². The molecule has 2 aromatic carbocycles. The molecule has 0 radical (unpaired) electrons. The Morgan fingerprint density at radius 2 is 1.20 bits per heavy atom.